The number of anilines is 1. The van der Waals surface area contributed by atoms with Crippen LogP contribution in [0.5, 0.6) is 0 Å². The number of hydrogen-bond acceptors (Lipinski definition) is 4. The lowest BCUT2D eigenvalue weighted by Gasteiger charge is -2.16. The van der Waals surface area contributed by atoms with Crippen LogP contribution < -0.4 is 10.6 Å². The van der Waals surface area contributed by atoms with Gasteiger partial charge in [-0.05, 0) is 31.0 Å². The van der Waals surface area contributed by atoms with Gasteiger partial charge >= 0.3 is 0 Å². The Morgan fingerprint density at radius 1 is 1.36 bits per heavy atom. The molecule has 2 amide bonds. The molecule has 0 spiro atoms. The molecule has 120 valence electrons. The number of hydrogen-bond donors (Lipinski definition) is 2. The summed E-state index contributed by atoms with van der Waals surface area (Å²) in [6.07, 6.45) is 3.00. The minimum absolute atomic E-state index is 0.0284. The summed E-state index contributed by atoms with van der Waals surface area (Å²) < 4.78 is 5.45. The van der Waals surface area contributed by atoms with E-state index in [1.165, 1.54) is 11.8 Å². The van der Waals surface area contributed by atoms with Gasteiger partial charge in [0.05, 0.1) is 11.4 Å². The van der Waals surface area contributed by atoms with Crippen LogP contribution in [-0.4, -0.2) is 37.3 Å². The van der Waals surface area contributed by atoms with E-state index in [1.807, 2.05) is 6.07 Å². The highest BCUT2D eigenvalue weighted by Crippen LogP contribution is 2.31. The number of fused-ring (bicyclic) bond motifs is 1. The standard InChI is InChI=1S/C16H22N2O3S/c1-2-3-8-21-9-4-7-17-16(20)12-5-6-14-13(10-12)18-15(19)11-22-14/h5-6,10H,2-4,7-9,11H2,1H3,(H,17,20)(H,18,19). The van der Waals surface area contributed by atoms with Crippen molar-refractivity contribution < 1.29 is 14.3 Å². The summed E-state index contributed by atoms with van der Waals surface area (Å²) in [6.45, 7) is 4.16. The zero-order valence-electron chi connectivity index (χ0n) is 12.8. The lowest BCUT2D eigenvalue weighted by Crippen LogP contribution is -2.26. The average Bonchev–Trinajstić information content (AvgIpc) is 2.53. The molecule has 0 bridgehead atoms. The number of rotatable bonds is 8. The summed E-state index contributed by atoms with van der Waals surface area (Å²) in [4.78, 5) is 24.5. The maximum absolute atomic E-state index is 12.1. The van der Waals surface area contributed by atoms with Crippen molar-refractivity contribution in [2.75, 3.05) is 30.8 Å². The van der Waals surface area contributed by atoms with Crippen LogP contribution in [0.4, 0.5) is 5.69 Å². The van der Waals surface area contributed by atoms with E-state index < -0.39 is 0 Å². The Balaban J connectivity index is 1.76. The van der Waals surface area contributed by atoms with Gasteiger partial charge in [0.2, 0.25) is 5.91 Å². The Morgan fingerprint density at radius 2 is 2.18 bits per heavy atom. The topological polar surface area (TPSA) is 67.4 Å². The number of nitrogens with one attached hydrogen (secondary N) is 2. The SMILES string of the molecule is CCCCOCCCNC(=O)c1ccc2c(c1)NC(=O)CS2. The van der Waals surface area contributed by atoms with Crippen molar-refractivity contribution in [2.24, 2.45) is 0 Å². The number of unbranched alkanes of at least 4 members (excludes halogenated alkanes) is 1. The molecule has 0 saturated carbocycles. The highest BCUT2D eigenvalue weighted by Gasteiger charge is 2.17. The molecule has 0 aliphatic carbocycles. The van der Waals surface area contributed by atoms with Crippen LogP contribution >= 0.6 is 11.8 Å². The molecule has 0 radical (unpaired) electrons. The van der Waals surface area contributed by atoms with Crippen LogP contribution in [0.15, 0.2) is 23.1 Å². The molecule has 5 nitrogen and oxygen atoms in total. The summed E-state index contributed by atoms with van der Waals surface area (Å²) in [6, 6.07) is 5.39. The third-order valence-electron chi connectivity index (χ3n) is 3.27. The Hall–Kier alpha value is -1.53. The first kappa shape index (κ1) is 16.8. The molecule has 6 heteroatoms. The van der Waals surface area contributed by atoms with Crippen LogP contribution in [0.1, 0.15) is 36.5 Å². The number of thioether (sulfide) groups is 1. The molecule has 1 heterocycles. The molecule has 0 atom stereocenters. The zero-order chi connectivity index (χ0) is 15.8. The molecule has 1 aromatic carbocycles. The second-order valence-corrected chi connectivity index (χ2v) is 6.14. The van der Waals surface area contributed by atoms with Crippen molar-refractivity contribution in [2.45, 2.75) is 31.1 Å². The van der Waals surface area contributed by atoms with Crippen molar-refractivity contribution in [3.05, 3.63) is 23.8 Å². The highest BCUT2D eigenvalue weighted by atomic mass is 32.2. The molecular formula is C16H22N2O3S. The van der Waals surface area contributed by atoms with Crippen molar-refractivity contribution in [3.63, 3.8) is 0 Å². The summed E-state index contributed by atoms with van der Waals surface area (Å²) in [5, 5.41) is 5.66. The third kappa shape index (κ3) is 5.03. The van der Waals surface area contributed by atoms with E-state index in [4.69, 9.17) is 4.74 Å². The number of amides is 2. The third-order valence-corrected chi connectivity index (χ3v) is 4.34. The van der Waals surface area contributed by atoms with Crippen LogP contribution in [0.25, 0.3) is 0 Å². The van der Waals surface area contributed by atoms with E-state index in [9.17, 15) is 9.59 Å². The van der Waals surface area contributed by atoms with Gasteiger partial charge in [0.1, 0.15) is 0 Å². The minimum Gasteiger partial charge on any atom is -0.381 e. The maximum atomic E-state index is 12.1. The molecule has 2 rings (SSSR count). The Labute approximate surface area is 135 Å². The molecule has 0 unspecified atom stereocenters. The quantitative estimate of drug-likeness (QED) is 0.722. The summed E-state index contributed by atoms with van der Waals surface area (Å²) >= 11 is 1.49. The molecule has 2 N–H and O–H groups in total. The van der Waals surface area contributed by atoms with Gasteiger partial charge in [0, 0.05) is 30.2 Å². The molecule has 1 aliphatic heterocycles. The van der Waals surface area contributed by atoms with Gasteiger partial charge in [-0.15, -0.1) is 11.8 Å². The molecular weight excluding hydrogens is 300 g/mol. The van der Waals surface area contributed by atoms with Crippen molar-refractivity contribution in [1.29, 1.82) is 0 Å². The van der Waals surface area contributed by atoms with Gasteiger partial charge in [0.15, 0.2) is 0 Å². The van der Waals surface area contributed by atoms with Crippen LogP contribution in [-0.2, 0) is 9.53 Å². The van der Waals surface area contributed by atoms with E-state index >= 15 is 0 Å². The van der Waals surface area contributed by atoms with Crippen LogP contribution in [0.2, 0.25) is 0 Å². The first-order chi connectivity index (χ1) is 10.7. The molecule has 0 fully saturated rings. The van der Waals surface area contributed by atoms with Crippen LogP contribution in [0, 0.1) is 0 Å². The molecule has 1 aromatic rings. The summed E-state index contributed by atoms with van der Waals surface area (Å²) in [5.74, 6) is 0.275. The fourth-order valence-corrected chi connectivity index (χ4v) is 2.84. The zero-order valence-corrected chi connectivity index (χ0v) is 13.6. The van der Waals surface area contributed by atoms with E-state index in [2.05, 4.69) is 17.6 Å². The van der Waals surface area contributed by atoms with Gasteiger partial charge in [-0.1, -0.05) is 13.3 Å². The number of ether oxygens (including phenoxy) is 1. The first-order valence-corrected chi connectivity index (χ1v) is 8.62. The molecule has 1 aliphatic rings. The number of benzene rings is 1. The van der Waals surface area contributed by atoms with E-state index in [0.717, 1.165) is 36.5 Å². The fourth-order valence-electron chi connectivity index (χ4n) is 2.05. The predicted octanol–water partition coefficient (Wildman–Crippen LogP) is 2.67. The molecule has 0 saturated heterocycles. The van der Waals surface area contributed by atoms with Crippen molar-refractivity contribution >= 4 is 29.3 Å². The van der Waals surface area contributed by atoms with Crippen LogP contribution in [0.3, 0.4) is 0 Å². The summed E-state index contributed by atoms with van der Waals surface area (Å²) in [5.41, 5.74) is 1.28. The van der Waals surface area contributed by atoms with E-state index in [-0.39, 0.29) is 11.8 Å². The lowest BCUT2D eigenvalue weighted by atomic mass is 10.2. The second-order valence-electron chi connectivity index (χ2n) is 5.12. The number of carbonyl (C=O) groups is 2. The Morgan fingerprint density at radius 3 is 3.00 bits per heavy atom. The maximum Gasteiger partial charge on any atom is 0.251 e. The largest absolute Gasteiger partial charge is 0.381 e. The number of carbonyl (C=O) groups excluding carboxylic acids is 2. The predicted molar refractivity (Wildman–Crippen MR) is 88.5 cm³/mol. The Bertz CT molecular complexity index is 534. The van der Waals surface area contributed by atoms with Gasteiger partial charge in [-0.2, -0.15) is 0 Å². The lowest BCUT2D eigenvalue weighted by molar-refractivity contribution is -0.113. The summed E-state index contributed by atoms with van der Waals surface area (Å²) in [7, 11) is 0. The Kier molecular flexibility index (Phi) is 6.74. The first-order valence-electron chi connectivity index (χ1n) is 7.63. The van der Waals surface area contributed by atoms with Crippen molar-refractivity contribution in [3.8, 4) is 0 Å². The van der Waals surface area contributed by atoms with Gasteiger partial charge < -0.3 is 15.4 Å². The normalized spacial score (nSPS) is 13.4. The fraction of sp³-hybridized carbons (Fsp3) is 0.500. The van der Waals surface area contributed by atoms with E-state index in [1.54, 1.807) is 12.1 Å². The molecule has 22 heavy (non-hydrogen) atoms. The second kappa shape index (κ2) is 8.80. The highest BCUT2D eigenvalue weighted by molar-refractivity contribution is 8.00. The minimum atomic E-state index is -0.124. The van der Waals surface area contributed by atoms with Gasteiger partial charge in [0.25, 0.3) is 5.91 Å². The van der Waals surface area contributed by atoms with Crippen molar-refractivity contribution in [1.82, 2.24) is 5.32 Å². The van der Waals surface area contributed by atoms with Gasteiger partial charge in [-0.3, -0.25) is 9.59 Å². The average molecular weight is 322 g/mol. The smallest absolute Gasteiger partial charge is 0.251 e. The monoisotopic (exact) mass is 322 g/mol. The molecule has 0 aromatic heterocycles. The van der Waals surface area contributed by atoms with E-state index in [0.29, 0.717) is 24.5 Å². The van der Waals surface area contributed by atoms with Gasteiger partial charge in [-0.25, -0.2) is 0 Å².